The highest BCUT2D eigenvalue weighted by Gasteiger charge is 2.10. The molecule has 0 radical (unpaired) electrons. The first-order chi connectivity index (χ1) is 8.47. The molecule has 96 valence electrons. The van der Waals surface area contributed by atoms with Crippen molar-refractivity contribution in [3.8, 4) is 0 Å². The summed E-state index contributed by atoms with van der Waals surface area (Å²) >= 11 is 0. The van der Waals surface area contributed by atoms with E-state index in [0.717, 1.165) is 5.69 Å². The van der Waals surface area contributed by atoms with Gasteiger partial charge in [0.25, 0.3) is 0 Å². The molecule has 1 heterocycles. The lowest BCUT2D eigenvalue weighted by molar-refractivity contribution is 0.767. The normalized spacial score (nSPS) is 12.5. The fourth-order valence-electron chi connectivity index (χ4n) is 2.27. The molecule has 0 aliphatic rings. The van der Waals surface area contributed by atoms with Crippen molar-refractivity contribution >= 4 is 5.69 Å². The summed E-state index contributed by atoms with van der Waals surface area (Å²) < 4.78 is 1.81. The summed E-state index contributed by atoms with van der Waals surface area (Å²) in [5, 5.41) is 7.65. The van der Waals surface area contributed by atoms with Crippen LogP contribution in [0.5, 0.6) is 0 Å². The predicted octanol–water partition coefficient (Wildman–Crippen LogP) is 3.52. The molecule has 1 unspecified atom stereocenters. The Morgan fingerprint density at radius 2 is 1.78 bits per heavy atom. The molecule has 0 spiro atoms. The van der Waals surface area contributed by atoms with Crippen LogP contribution in [-0.4, -0.2) is 9.78 Å². The third-order valence-corrected chi connectivity index (χ3v) is 3.44. The molecule has 2 rings (SSSR count). The molecule has 0 amide bonds. The van der Waals surface area contributed by atoms with E-state index in [9.17, 15) is 0 Å². The van der Waals surface area contributed by atoms with Crippen LogP contribution in [0.15, 0.2) is 24.5 Å². The minimum atomic E-state index is 0.286. The Labute approximate surface area is 109 Å². The van der Waals surface area contributed by atoms with Crippen LogP contribution in [0.3, 0.4) is 0 Å². The third-order valence-electron chi connectivity index (χ3n) is 3.44. The van der Waals surface area contributed by atoms with E-state index in [-0.39, 0.29) is 6.04 Å². The van der Waals surface area contributed by atoms with Gasteiger partial charge in [-0.15, -0.1) is 0 Å². The third kappa shape index (κ3) is 2.55. The molecular weight excluding hydrogens is 222 g/mol. The number of anilines is 1. The first kappa shape index (κ1) is 12.7. The summed E-state index contributed by atoms with van der Waals surface area (Å²) in [4.78, 5) is 0. The minimum absolute atomic E-state index is 0.286. The molecule has 1 aromatic heterocycles. The zero-order valence-electron chi connectivity index (χ0n) is 11.8. The zero-order chi connectivity index (χ0) is 13.3. The average molecular weight is 243 g/mol. The fourth-order valence-corrected chi connectivity index (χ4v) is 2.27. The molecule has 1 atom stereocenters. The van der Waals surface area contributed by atoms with Gasteiger partial charge in [0.05, 0.1) is 11.9 Å². The van der Waals surface area contributed by atoms with Gasteiger partial charge in [0.15, 0.2) is 0 Å². The number of benzene rings is 1. The highest BCUT2D eigenvalue weighted by atomic mass is 15.3. The van der Waals surface area contributed by atoms with Crippen LogP contribution in [0, 0.1) is 20.8 Å². The van der Waals surface area contributed by atoms with E-state index in [4.69, 9.17) is 0 Å². The quantitative estimate of drug-likeness (QED) is 0.894. The summed E-state index contributed by atoms with van der Waals surface area (Å²) in [5.74, 6) is 0. The first-order valence-corrected chi connectivity index (χ1v) is 6.30. The molecule has 0 aliphatic carbocycles. The molecule has 2 aromatic rings. The number of rotatable bonds is 3. The van der Waals surface area contributed by atoms with Gasteiger partial charge in [-0.1, -0.05) is 12.1 Å². The number of hydrogen-bond donors (Lipinski definition) is 1. The van der Waals surface area contributed by atoms with E-state index < -0.39 is 0 Å². The maximum Gasteiger partial charge on any atom is 0.0731 e. The molecule has 0 fully saturated rings. The Balaban J connectivity index is 2.23. The first-order valence-electron chi connectivity index (χ1n) is 6.30. The second-order valence-corrected chi connectivity index (χ2v) is 5.06. The molecule has 3 nitrogen and oxygen atoms in total. The van der Waals surface area contributed by atoms with Crippen molar-refractivity contribution in [3.05, 3.63) is 46.8 Å². The zero-order valence-corrected chi connectivity index (χ0v) is 11.8. The number of aryl methyl sites for hydroxylation is 4. The lowest BCUT2D eigenvalue weighted by Gasteiger charge is -2.18. The molecule has 0 bridgehead atoms. The van der Waals surface area contributed by atoms with Crippen LogP contribution in [0.1, 0.15) is 35.2 Å². The molecule has 18 heavy (non-hydrogen) atoms. The summed E-state index contributed by atoms with van der Waals surface area (Å²) in [6, 6.07) is 4.82. The number of nitrogens with zero attached hydrogens (tertiary/aromatic N) is 2. The van der Waals surface area contributed by atoms with Crippen molar-refractivity contribution in [1.29, 1.82) is 0 Å². The summed E-state index contributed by atoms with van der Waals surface area (Å²) in [5.41, 5.74) is 6.44. The van der Waals surface area contributed by atoms with Gasteiger partial charge < -0.3 is 5.32 Å². The SMILES string of the molecule is Cc1cc(C)c(C(C)Nc2cnn(C)c2)cc1C. The van der Waals surface area contributed by atoms with E-state index in [0.29, 0.717) is 0 Å². The Morgan fingerprint density at radius 3 is 2.39 bits per heavy atom. The van der Waals surface area contributed by atoms with Crippen LogP contribution in [0.4, 0.5) is 5.69 Å². The maximum atomic E-state index is 4.17. The van der Waals surface area contributed by atoms with E-state index >= 15 is 0 Å². The van der Waals surface area contributed by atoms with Gasteiger partial charge in [0.2, 0.25) is 0 Å². The van der Waals surface area contributed by atoms with E-state index in [1.807, 2.05) is 24.1 Å². The van der Waals surface area contributed by atoms with E-state index in [2.05, 4.69) is 50.2 Å². The van der Waals surface area contributed by atoms with E-state index in [1.54, 1.807) is 0 Å². The van der Waals surface area contributed by atoms with E-state index in [1.165, 1.54) is 22.3 Å². The summed E-state index contributed by atoms with van der Waals surface area (Å²) in [6.45, 7) is 8.67. The monoisotopic (exact) mass is 243 g/mol. The number of hydrogen-bond acceptors (Lipinski definition) is 2. The molecule has 3 heteroatoms. The molecule has 0 saturated carbocycles. The Bertz CT molecular complexity index is 555. The Kier molecular flexibility index (Phi) is 3.41. The molecule has 1 N–H and O–H groups in total. The topological polar surface area (TPSA) is 29.9 Å². The summed E-state index contributed by atoms with van der Waals surface area (Å²) in [6.07, 6.45) is 3.85. The average Bonchev–Trinajstić information content (AvgIpc) is 2.69. The lowest BCUT2D eigenvalue weighted by Crippen LogP contribution is -2.08. The Hall–Kier alpha value is -1.77. The number of nitrogens with one attached hydrogen (secondary N) is 1. The molecule has 0 saturated heterocycles. The van der Waals surface area contributed by atoms with Gasteiger partial charge in [-0.3, -0.25) is 4.68 Å². The largest absolute Gasteiger partial charge is 0.376 e. The van der Waals surface area contributed by atoms with Crippen LogP contribution in [0.2, 0.25) is 0 Å². The van der Waals surface area contributed by atoms with Crippen LogP contribution >= 0.6 is 0 Å². The second kappa shape index (κ2) is 4.84. The molecule has 1 aromatic carbocycles. The summed E-state index contributed by atoms with van der Waals surface area (Å²) in [7, 11) is 1.93. The van der Waals surface area contributed by atoms with Crippen molar-refractivity contribution < 1.29 is 0 Å². The van der Waals surface area contributed by atoms with Gasteiger partial charge in [0, 0.05) is 19.3 Å². The minimum Gasteiger partial charge on any atom is -0.376 e. The van der Waals surface area contributed by atoms with Crippen LogP contribution < -0.4 is 5.32 Å². The standard InChI is InChI=1S/C15H21N3/c1-10-6-12(3)15(7-11(10)2)13(4)17-14-8-16-18(5)9-14/h6-9,13,17H,1-5H3. The smallest absolute Gasteiger partial charge is 0.0731 e. The molecule has 0 aliphatic heterocycles. The molecular formula is C15H21N3. The van der Waals surface area contributed by atoms with Crippen molar-refractivity contribution in [2.45, 2.75) is 33.7 Å². The van der Waals surface area contributed by atoms with Gasteiger partial charge in [-0.05, 0) is 49.9 Å². The Morgan fingerprint density at radius 1 is 1.11 bits per heavy atom. The number of aromatic nitrogens is 2. The van der Waals surface area contributed by atoms with Crippen LogP contribution in [0.25, 0.3) is 0 Å². The fraction of sp³-hybridized carbons (Fsp3) is 0.400. The second-order valence-electron chi connectivity index (χ2n) is 5.06. The maximum absolute atomic E-state index is 4.17. The van der Waals surface area contributed by atoms with Crippen molar-refractivity contribution in [1.82, 2.24) is 9.78 Å². The van der Waals surface area contributed by atoms with Crippen molar-refractivity contribution in [2.24, 2.45) is 7.05 Å². The van der Waals surface area contributed by atoms with Gasteiger partial charge >= 0.3 is 0 Å². The van der Waals surface area contributed by atoms with Crippen molar-refractivity contribution in [2.75, 3.05) is 5.32 Å². The van der Waals surface area contributed by atoms with Gasteiger partial charge in [0.1, 0.15) is 0 Å². The van der Waals surface area contributed by atoms with Gasteiger partial charge in [-0.2, -0.15) is 5.10 Å². The highest BCUT2D eigenvalue weighted by Crippen LogP contribution is 2.24. The lowest BCUT2D eigenvalue weighted by atomic mass is 9.96. The van der Waals surface area contributed by atoms with Crippen LogP contribution in [-0.2, 0) is 7.05 Å². The van der Waals surface area contributed by atoms with Crippen molar-refractivity contribution in [3.63, 3.8) is 0 Å². The van der Waals surface area contributed by atoms with Gasteiger partial charge in [-0.25, -0.2) is 0 Å². The highest BCUT2D eigenvalue weighted by molar-refractivity contribution is 5.45. The predicted molar refractivity (Wildman–Crippen MR) is 75.9 cm³/mol.